The van der Waals surface area contributed by atoms with Gasteiger partial charge in [0.15, 0.2) is 0 Å². The van der Waals surface area contributed by atoms with Crippen molar-refractivity contribution in [1.82, 2.24) is 5.32 Å². The fourth-order valence-electron chi connectivity index (χ4n) is 2.42. The molecule has 1 aliphatic heterocycles. The Hall–Kier alpha value is -0.510. The Kier molecular flexibility index (Phi) is 5.74. The minimum atomic E-state index is 0.436. The summed E-state index contributed by atoms with van der Waals surface area (Å²) in [5, 5.41) is 3.43. The van der Waals surface area contributed by atoms with E-state index in [1.54, 1.807) is 0 Å². The standard InChI is InChI=1S/C16H25NOS/c1-12-6-7-14(9-13(12)2)16(17-3)11-19-10-15-5-4-8-18-15/h6-7,9,15-17H,4-5,8,10-11H2,1-3H3. The number of rotatable bonds is 6. The molecule has 0 amide bonds. The summed E-state index contributed by atoms with van der Waals surface area (Å²) >= 11 is 2.00. The summed E-state index contributed by atoms with van der Waals surface area (Å²) in [6.45, 7) is 5.31. The zero-order valence-corrected chi connectivity index (χ0v) is 13.1. The molecule has 1 aromatic carbocycles. The molecule has 0 saturated carbocycles. The smallest absolute Gasteiger partial charge is 0.0666 e. The summed E-state index contributed by atoms with van der Waals surface area (Å²) in [7, 11) is 2.05. The third-order valence-corrected chi connectivity index (χ3v) is 5.07. The molecule has 3 heteroatoms. The van der Waals surface area contributed by atoms with Gasteiger partial charge in [0.2, 0.25) is 0 Å². The highest BCUT2D eigenvalue weighted by Crippen LogP contribution is 2.23. The fraction of sp³-hybridized carbons (Fsp3) is 0.625. The van der Waals surface area contributed by atoms with E-state index in [4.69, 9.17) is 4.74 Å². The second-order valence-electron chi connectivity index (χ2n) is 5.36. The molecule has 1 heterocycles. The first kappa shape index (κ1) is 14.9. The topological polar surface area (TPSA) is 21.3 Å². The van der Waals surface area contributed by atoms with Crippen molar-refractivity contribution >= 4 is 11.8 Å². The van der Waals surface area contributed by atoms with Crippen LogP contribution in [0.1, 0.15) is 35.6 Å². The Labute approximate surface area is 121 Å². The van der Waals surface area contributed by atoms with E-state index in [-0.39, 0.29) is 0 Å². The van der Waals surface area contributed by atoms with Gasteiger partial charge in [-0.25, -0.2) is 0 Å². The quantitative estimate of drug-likeness (QED) is 0.861. The summed E-state index contributed by atoms with van der Waals surface area (Å²) in [6.07, 6.45) is 2.96. The van der Waals surface area contributed by atoms with E-state index in [9.17, 15) is 0 Å². The number of benzene rings is 1. The molecule has 2 unspecified atom stereocenters. The van der Waals surface area contributed by atoms with Crippen LogP contribution in [0.25, 0.3) is 0 Å². The first-order valence-electron chi connectivity index (χ1n) is 7.14. The Morgan fingerprint density at radius 2 is 2.21 bits per heavy atom. The number of hydrogen-bond donors (Lipinski definition) is 1. The lowest BCUT2D eigenvalue weighted by Gasteiger charge is -2.18. The van der Waals surface area contributed by atoms with E-state index in [0.717, 1.165) is 18.1 Å². The second kappa shape index (κ2) is 7.32. The van der Waals surface area contributed by atoms with Crippen molar-refractivity contribution in [2.75, 3.05) is 25.2 Å². The Balaban J connectivity index is 1.86. The van der Waals surface area contributed by atoms with E-state index in [2.05, 4.69) is 37.4 Å². The van der Waals surface area contributed by atoms with Gasteiger partial charge in [0.25, 0.3) is 0 Å². The van der Waals surface area contributed by atoms with Crippen molar-refractivity contribution < 1.29 is 4.74 Å². The zero-order chi connectivity index (χ0) is 13.7. The second-order valence-corrected chi connectivity index (χ2v) is 6.43. The molecular weight excluding hydrogens is 254 g/mol. The van der Waals surface area contributed by atoms with Crippen molar-refractivity contribution in [3.05, 3.63) is 34.9 Å². The molecule has 1 fully saturated rings. The molecule has 2 nitrogen and oxygen atoms in total. The van der Waals surface area contributed by atoms with Crippen molar-refractivity contribution in [1.29, 1.82) is 0 Å². The van der Waals surface area contributed by atoms with Gasteiger partial charge < -0.3 is 10.1 Å². The normalized spacial score (nSPS) is 20.7. The number of hydrogen-bond acceptors (Lipinski definition) is 3. The van der Waals surface area contributed by atoms with Crippen molar-refractivity contribution in [3.8, 4) is 0 Å². The summed E-state index contributed by atoms with van der Waals surface area (Å²) in [6, 6.07) is 7.21. The van der Waals surface area contributed by atoms with Crippen LogP contribution < -0.4 is 5.32 Å². The zero-order valence-electron chi connectivity index (χ0n) is 12.2. The number of aryl methyl sites for hydroxylation is 2. The predicted octanol–water partition coefficient (Wildman–Crippen LogP) is 3.48. The van der Waals surface area contributed by atoms with Gasteiger partial charge in [0.05, 0.1) is 6.10 Å². The number of thioether (sulfide) groups is 1. The summed E-state index contributed by atoms with van der Waals surface area (Å²) < 4.78 is 5.67. The van der Waals surface area contributed by atoms with Gasteiger partial charge >= 0.3 is 0 Å². The van der Waals surface area contributed by atoms with Gasteiger partial charge in [-0.3, -0.25) is 0 Å². The van der Waals surface area contributed by atoms with Crippen LogP contribution in [0.3, 0.4) is 0 Å². The van der Waals surface area contributed by atoms with Crippen LogP contribution in [0.2, 0.25) is 0 Å². The van der Waals surface area contributed by atoms with E-state index in [0.29, 0.717) is 12.1 Å². The lowest BCUT2D eigenvalue weighted by atomic mass is 10.0. The highest BCUT2D eigenvalue weighted by atomic mass is 32.2. The van der Waals surface area contributed by atoms with Crippen molar-refractivity contribution in [2.24, 2.45) is 0 Å². The monoisotopic (exact) mass is 279 g/mol. The molecule has 1 N–H and O–H groups in total. The molecular formula is C16H25NOS. The Bertz CT molecular complexity index is 402. The summed E-state index contributed by atoms with van der Waals surface area (Å²) in [5.74, 6) is 2.24. The maximum absolute atomic E-state index is 5.67. The van der Waals surface area contributed by atoms with Gasteiger partial charge in [0, 0.05) is 24.2 Å². The molecule has 19 heavy (non-hydrogen) atoms. The van der Waals surface area contributed by atoms with Crippen molar-refractivity contribution in [2.45, 2.75) is 38.8 Å². The molecule has 1 aliphatic rings. The van der Waals surface area contributed by atoms with Gasteiger partial charge in [0.1, 0.15) is 0 Å². The molecule has 0 spiro atoms. The van der Waals surface area contributed by atoms with Crippen LogP contribution >= 0.6 is 11.8 Å². The largest absolute Gasteiger partial charge is 0.377 e. The van der Waals surface area contributed by atoms with Gasteiger partial charge in [-0.2, -0.15) is 11.8 Å². The predicted molar refractivity (Wildman–Crippen MR) is 84.0 cm³/mol. The van der Waals surface area contributed by atoms with Gasteiger partial charge in [-0.1, -0.05) is 18.2 Å². The van der Waals surface area contributed by atoms with E-state index >= 15 is 0 Å². The molecule has 0 aromatic heterocycles. The average Bonchev–Trinajstić information content (AvgIpc) is 2.91. The van der Waals surface area contributed by atoms with Gasteiger partial charge in [-0.05, 0) is 50.4 Å². The molecule has 0 radical (unpaired) electrons. The molecule has 1 saturated heterocycles. The van der Waals surface area contributed by atoms with Crippen LogP contribution in [0.15, 0.2) is 18.2 Å². The first-order chi connectivity index (χ1) is 9.20. The maximum Gasteiger partial charge on any atom is 0.0666 e. The van der Waals surface area contributed by atoms with Crippen LogP contribution in [0.4, 0.5) is 0 Å². The molecule has 0 aliphatic carbocycles. The van der Waals surface area contributed by atoms with Crippen LogP contribution in [-0.4, -0.2) is 31.3 Å². The average molecular weight is 279 g/mol. The Morgan fingerprint density at radius 3 is 2.84 bits per heavy atom. The van der Waals surface area contributed by atoms with Gasteiger partial charge in [-0.15, -0.1) is 0 Å². The third-order valence-electron chi connectivity index (χ3n) is 3.89. The molecule has 106 valence electrons. The van der Waals surface area contributed by atoms with E-state index in [1.165, 1.54) is 29.5 Å². The lowest BCUT2D eigenvalue weighted by molar-refractivity contribution is 0.129. The summed E-state index contributed by atoms with van der Waals surface area (Å²) in [4.78, 5) is 0. The SMILES string of the molecule is CNC(CSCC1CCCO1)c1ccc(C)c(C)c1. The molecule has 2 atom stereocenters. The molecule has 2 rings (SSSR count). The summed E-state index contributed by atoms with van der Waals surface area (Å²) in [5.41, 5.74) is 4.14. The molecule has 0 bridgehead atoms. The minimum Gasteiger partial charge on any atom is -0.377 e. The lowest BCUT2D eigenvalue weighted by Crippen LogP contribution is -2.20. The Morgan fingerprint density at radius 1 is 1.37 bits per heavy atom. The third kappa shape index (κ3) is 4.23. The van der Waals surface area contributed by atoms with Crippen LogP contribution in [-0.2, 0) is 4.74 Å². The minimum absolute atomic E-state index is 0.436. The first-order valence-corrected chi connectivity index (χ1v) is 8.30. The number of nitrogens with one attached hydrogen (secondary N) is 1. The van der Waals surface area contributed by atoms with Crippen LogP contribution in [0.5, 0.6) is 0 Å². The highest BCUT2D eigenvalue weighted by molar-refractivity contribution is 7.99. The number of ether oxygens (including phenoxy) is 1. The van der Waals surface area contributed by atoms with E-state index in [1.807, 2.05) is 18.8 Å². The maximum atomic E-state index is 5.67. The van der Waals surface area contributed by atoms with Crippen LogP contribution in [0, 0.1) is 13.8 Å². The van der Waals surface area contributed by atoms with Crippen molar-refractivity contribution in [3.63, 3.8) is 0 Å². The van der Waals surface area contributed by atoms with E-state index < -0.39 is 0 Å². The molecule has 1 aromatic rings. The highest BCUT2D eigenvalue weighted by Gasteiger charge is 2.16. The fourth-order valence-corrected chi connectivity index (χ4v) is 3.68.